The Hall–Kier alpha value is -2.50. The van der Waals surface area contributed by atoms with Crippen molar-refractivity contribution in [1.29, 1.82) is 0 Å². The summed E-state index contributed by atoms with van der Waals surface area (Å²) < 4.78 is 1.70. The van der Waals surface area contributed by atoms with E-state index in [1.807, 2.05) is 44.4 Å². The highest BCUT2D eigenvalue weighted by Crippen LogP contribution is 2.22. The van der Waals surface area contributed by atoms with Crippen LogP contribution in [0.1, 0.15) is 16.1 Å². The van der Waals surface area contributed by atoms with Gasteiger partial charge in [0.1, 0.15) is 0 Å². The number of rotatable bonds is 4. The highest BCUT2D eigenvalue weighted by Gasteiger charge is 2.09. The zero-order valence-corrected chi connectivity index (χ0v) is 11.9. The zero-order chi connectivity index (χ0) is 14.7. The minimum absolute atomic E-state index is 0.160. The molecule has 1 amide bonds. The molecule has 0 spiro atoms. The first-order valence-corrected chi connectivity index (χ1v) is 6.31. The normalized spacial score (nSPS) is 10.3. The van der Waals surface area contributed by atoms with Gasteiger partial charge in [-0.1, -0.05) is 0 Å². The Morgan fingerprint density at radius 3 is 2.70 bits per heavy atom. The molecule has 106 valence electrons. The summed E-state index contributed by atoms with van der Waals surface area (Å²) in [7, 11) is 5.66. The van der Waals surface area contributed by atoms with Gasteiger partial charge in [-0.05, 0) is 24.3 Å². The van der Waals surface area contributed by atoms with Crippen LogP contribution in [0.25, 0.3) is 0 Å². The number of carbonyl (C=O) groups is 1. The molecule has 0 aliphatic heterocycles. The van der Waals surface area contributed by atoms with E-state index in [4.69, 9.17) is 5.73 Å². The highest BCUT2D eigenvalue weighted by atomic mass is 16.1. The second-order valence-corrected chi connectivity index (χ2v) is 4.83. The van der Waals surface area contributed by atoms with Gasteiger partial charge in [0.25, 0.3) is 5.91 Å². The van der Waals surface area contributed by atoms with Crippen LogP contribution < -0.4 is 16.0 Å². The molecule has 0 saturated heterocycles. The fourth-order valence-corrected chi connectivity index (χ4v) is 1.93. The van der Waals surface area contributed by atoms with Gasteiger partial charge in [-0.25, -0.2) is 0 Å². The number of amides is 1. The highest BCUT2D eigenvalue weighted by molar-refractivity contribution is 5.96. The number of hydrogen-bond donors (Lipinski definition) is 2. The van der Waals surface area contributed by atoms with E-state index in [0.717, 1.165) is 11.4 Å². The van der Waals surface area contributed by atoms with Gasteiger partial charge in [0, 0.05) is 32.9 Å². The number of anilines is 2. The molecule has 3 N–H and O–H groups in total. The molecular formula is C14H19N5O. The van der Waals surface area contributed by atoms with Gasteiger partial charge in [-0.15, -0.1) is 0 Å². The van der Waals surface area contributed by atoms with Gasteiger partial charge in [-0.3, -0.25) is 9.48 Å². The second-order valence-electron chi connectivity index (χ2n) is 4.83. The lowest BCUT2D eigenvalue weighted by atomic mass is 10.1. The van der Waals surface area contributed by atoms with E-state index in [1.165, 1.54) is 0 Å². The monoisotopic (exact) mass is 273 g/mol. The molecule has 1 heterocycles. The van der Waals surface area contributed by atoms with Crippen molar-refractivity contribution in [2.75, 3.05) is 24.7 Å². The van der Waals surface area contributed by atoms with Gasteiger partial charge in [0.05, 0.1) is 23.6 Å². The Balaban J connectivity index is 2.04. The molecule has 0 fully saturated rings. The molecular weight excluding hydrogens is 254 g/mol. The summed E-state index contributed by atoms with van der Waals surface area (Å²) in [6.45, 7) is 0.398. The number of nitrogens with two attached hydrogens (primary N) is 1. The minimum Gasteiger partial charge on any atom is -0.397 e. The number of nitrogens with one attached hydrogen (secondary N) is 1. The first kappa shape index (κ1) is 13.9. The van der Waals surface area contributed by atoms with E-state index >= 15 is 0 Å². The molecule has 1 aromatic carbocycles. The lowest BCUT2D eigenvalue weighted by Gasteiger charge is -2.15. The third kappa shape index (κ3) is 3.09. The molecule has 6 heteroatoms. The third-order valence-corrected chi connectivity index (χ3v) is 2.97. The Morgan fingerprint density at radius 2 is 2.15 bits per heavy atom. The van der Waals surface area contributed by atoms with Crippen LogP contribution in [0.5, 0.6) is 0 Å². The summed E-state index contributed by atoms with van der Waals surface area (Å²) in [4.78, 5) is 14.0. The summed E-state index contributed by atoms with van der Waals surface area (Å²) in [5.74, 6) is -0.160. The quantitative estimate of drug-likeness (QED) is 0.815. The van der Waals surface area contributed by atoms with E-state index in [-0.39, 0.29) is 5.91 Å². The van der Waals surface area contributed by atoms with E-state index in [0.29, 0.717) is 17.8 Å². The average molecular weight is 273 g/mol. The molecule has 0 saturated carbocycles. The molecule has 6 nitrogen and oxygen atoms in total. The Morgan fingerprint density at radius 1 is 1.40 bits per heavy atom. The SMILES string of the molecule is CN(C)c1ccc(C(=O)NCc2ccn(C)n2)cc1N. The molecule has 0 bridgehead atoms. The topological polar surface area (TPSA) is 76.2 Å². The van der Waals surface area contributed by atoms with Gasteiger partial charge < -0.3 is 16.0 Å². The molecule has 0 atom stereocenters. The fraction of sp³-hybridized carbons (Fsp3) is 0.286. The third-order valence-electron chi connectivity index (χ3n) is 2.97. The van der Waals surface area contributed by atoms with Crippen molar-refractivity contribution >= 4 is 17.3 Å². The Kier molecular flexibility index (Phi) is 3.93. The van der Waals surface area contributed by atoms with Crippen LogP contribution in [0.3, 0.4) is 0 Å². The standard InChI is InChI=1S/C14H19N5O/c1-18(2)13-5-4-10(8-12(13)15)14(20)16-9-11-6-7-19(3)17-11/h4-8H,9,15H2,1-3H3,(H,16,20). The summed E-state index contributed by atoms with van der Waals surface area (Å²) in [5, 5.41) is 7.02. The number of nitrogen functional groups attached to an aromatic ring is 1. The van der Waals surface area contributed by atoms with Crippen LogP contribution in [0, 0.1) is 0 Å². The van der Waals surface area contributed by atoms with Crippen molar-refractivity contribution in [2.24, 2.45) is 7.05 Å². The molecule has 0 aliphatic carbocycles. The predicted molar refractivity (Wildman–Crippen MR) is 79.6 cm³/mol. The van der Waals surface area contributed by atoms with Crippen LogP contribution in [-0.2, 0) is 13.6 Å². The molecule has 0 aliphatic rings. The largest absolute Gasteiger partial charge is 0.397 e. The van der Waals surface area contributed by atoms with Crippen LogP contribution in [-0.4, -0.2) is 29.8 Å². The molecule has 0 unspecified atom stereocenters. The van der Waals surface area contributed by atoms with Gasteiger partial charge in [0.15, 0.2) is 0 Å². The predicted octanol–water partition coefficient (Wildman–Crippen LogP) is 0.998. The maximum atomic E-state index is 12.0. The lowest BCUT2D eigenvalue weighted by Crippen LogP contribution is -2.23. The smallest absolute Gasteiger partial charge is 0.251 e. The number of carbonyl (C=O) groups excluding carboxylic acids is 1. The summed E-state index contributed by atoms with van der Waals surface area (Å²) in [5.41, 5.74) is 8.78. The van der Waals surface area contributed by atoms with Crippen molar-refractivity contribution < 1.29 is 4.79 Å². The van der Waals surface area contributed by atoms with Crippen LogP contribution in [0.4, 0.5) is 11.4 Å². The van der Waals surface area contributed by atoms with Crippen LogP contribution in [0.2, 0.25) is 0 Å². The molecule has 20 heavy (non-hydrogen) atoms. The maximum absolute atomic E-state index is 12.0. The van der Waals surface area contributed by atoms with Crippen LogP contribution in [0.15, 0.2) is 30.5 Å². The molecule has 0 radical (unpaired) electrons. The molecule has 2 aromatic rings. The van der Waals surface area contributed by atoms with Gasteiger partial charge in [-0.2, -0.15) is 5.10 Å². The fourth-order valence-electron chi connectivity index (χ4n) is 1.93. The summed E-state index contributed by atoms with van der Waals surface area (Å²) in [6, 6.07) is 7.15. The summed E-state index contributed by atoms with van der Waals surface area (Å²) >= 11 is 0. The first-order chi connectivity index (χ1) is 9.47. The van der Waals surface area contributed by atoms with Crippen molar-refractivity contribution in [3.05, 3.63) is 41.7 Å². The molecule has 1 aromatic heterocycles. The number of aryl methyl sites for hydroxylation is 1. The minimum atomic E-state index is -0.160. The Bertz CT molecular complexity index is 618. The Labute approximate surface area is 118 Å². The number of nitrogens with zero attached hydrogens (tertiary/aromatic N) is 3. The average Bonchev–Trinajstić information content (AvgIpc) is 2.81. The van der Waals surface area contributed by atoms with Gasteiger partial charge in [0.2, 0.25) is 0 Å². The number of hydrogen-bond acceptors (Lipinski definition) is 4. The van der Waals surface area contributed by atoms with E-state index in [2.05, 4.69) is 10.4 Å². The summed E-state index contributed by atoms with van der Waals surface area (Å²) in [6.07, 6.45) is 1.84. The second kappa shape index (κ2) is 5.64. The lowest BCUT2D eigenvalue weighted by molar-refractivity contribution is 0.0950. The molecule has 2 rings (SSSR count). The number of aromatic nitrogens is 2. The maximum Gasteiger partial charge on any atom is 0.251 e. The number of benzene rings is 1. The van der Waals surface area contributed by atoms with E-state index in [9.17, 15) is 4.79 Å². The van der Waals surface area contributed by atoms with E-state index in [1.54, 1.807) is 16.8 Å². The van der Waals surface area contributed by atoms with E-state index < -0.39 is 0 Å². The van der Waals surface area contributed by atoms with Crippen LogP contribution >= 0.6 is 0 Å². The van der Waals surface area contributed by atoms with Crippen molar-refractivity contribution in [2.45, 2.75) is 6.54 Å². The van der Waals surface area contributed by atoms with Crippen molar-refractivity contribution in [3.8, 4) is 0 Å². The van der Waals surface area contributed by atoms with Gasteiger partial charge >= 0.3 is 0 Å². The zero-order valence-electron chi connectivity index (χ0n) is 11.9. The van der Waals surface area contributed by atoms with Crippen molar-refractivity contribution in [3.63, 3.8) is 0 Å². The first-order valence-electron chi connectivity index (χ1n) is 6.31. The van der Waals surface area contributed by atoms with Crippen molar-refractivity contribution in [1.82, 2.24) is 15.1 Å².